The van der Waals surface area contributed by atoms with E-state index in [0.29, 0.717) is 16.4 Å². The number of halogens is 1. The molecule has 0 spiro atoms. The van der Waals surface area contributed by atoms with Gasteiger partial charge < -0.3 is 16.0 Å². The van der Waals surface area contributed by atoms with Crippen molar-refractivity contribution in [2.75, 3.05) is 16.0 Å². The molecule has 0 saturated heterocycles. The van der Waals surface area contributed by atoms with Crippen molar-refractivity contribution in [3.05, 3.63) is 75.0 Å². The molecule has 0 bridgehead atoms. The molecule has 9 heteroatoms. The number of hydrogen-bond donors (Lipinski definition) is 4. The zero-order valence-electron chi connectivity index (χ0n) is 16.0. The normalized spacial score (nSPS) is 15.1. The number of H-pyrrole nitrogens is 1. The number of carbonyl (C=O) groups excluding carboxylic acids is 2. The Bertz CT molecular complexity index is 1210. The Kier molecular flexibility index (Phi) is 5.24. The Labute approximate surface area is 176 Å². The third-order valence-electron chi connectivity index (χ3n) is 4.76. The van der Waals surface area contributed by atoms with Crippen molar-refractivity contribution >= 4 is 46.6 Å². The van der Waals surface area contributed by atoms with Gasteiger partial charge in [0.2, 0.25) is 17.8 Å². The molecule has 0 unspecified atom stereocenters. The second-order valence-corrected chi connectivity index (χ2v) is 7.36. The maximum absolute atomic E-state index is 12.9. The molecule has 0 saturated carbocycles. The van der Waals surface area contributed by atoms with E-state index in [1.807, 2.05) is 19.1 Å². The van der Waals surface area contributed by atoms with E-state index in [0.717, 1.165) is 5.56 Å². The molecular formula is C21H18ClN5O3. The molecule has 30 heavy (non-hydrogen) atoms. The molecule has 8 nitrogen and oxygen atoms in total. The van der Waals surface area contributed by atoms with E-state index in [4.69, 9.17) is 11.6 Å². The van der Waals surface area contributed by atoms with Crippen LogP contribution < -0.4 is 21.5 Å². The number of amides is 2. The summed E-state index contributed by atoms with van der Waals surface area (Å²) in [5.74, 6) is -1.60. The van der Waals surface area contributed by atoms with Crippen molar-refractivity contribution in [1.82, 2.24) is 9.97 Å². The van der Waals surface area contributed by atoms with Gasteiger partial charge in [0.1, 0.15) is 5.82 Å². The second kappa shape index (κ2) is 8.00. The number of para-hydroxylation sites is 1. The van der Waals surface area contributed by atoms with Gasteiger partial charge in [0.05, 0.1) is 11.5 Å². The van der Waals surface area contributed by atoms with Gasteiger partial charge in [-0.15, -0.1) is 0 Å². The molecule has 2 amide bonds. The summed E-state index contributed by atoms with van der Waals surface area (Å²) in [5.41, 5.74) is 1.73. The average Bonchev–Trinajstić information content (AvgIpc) is 2.68. The van der Waals surface area contributed by atoms with Crippen molar-refractivity contribution in [2.45, 2.75) is 19.3 Å². The van der Waals surface area contributed by atoms with Crippen LogP contribution in [0.2, 0.25) is 5.02 Å². The summed E-state index contributed by atoms with van der Waals surface area (Å²) < 4.78 is 0. The van der Waals surface area contributed by atoms with E-state index in [2.05, 4.69) is 25.9 Å². The summed E-state index contributed by atoms with van der Waals surface area (Å²) in [6.07, 6.45) is -0.142. The van der Waals surface area contributed by atoms with Crippen molar-refractivity contribution in [1.29, 1.82) is 0 Å². The molecule has 0 fully saturated rings. The quantitative estimate of drug-likeness (QED) is 0.512. The number of rotatable bonds is 4. The first-order valence-corrected chi connectivity index (χ1v) is 9.61. The molecule has 3 aromatic rings. The topological polar surface area (TPSA) is 116 Å². The zero-order valence-corrected chi connectivity index (χ0v) is 16.7. The average molecular weight is 424 g/mol. The zero-order chi connectivity index (χ0) is 21.3. The fraction of sp³-hybridized carbons (Fsp3) is 0.143. The first-order valence-electron chi connectivity index (χ1n) is 9.24. The summed E-state index contributed by atoms with van der Waals surface area (Å²) in [7, 11) is 0. The molecule has 1 atom stereocenters. The number of aromatic nitrogens is 2. The van der Waals surface area contributed by atoms with Gasteiger partial charge >= 0.3 is 0 Å². The number of anilines is 4. The molecule has 2 heterocycles. The Morgan fingerprint density at radius 1 is 1.17 bits per heavy atom. The van der Waals surface area contributed by atoms with Gasteiger partial charge in [-0.25, -0.2) is 0 Å². The van der Waals surface area contributed by atoms with Crippen LogP contribution in [0, 0.1) is 6.92 Å². The fourth-order valence-electron chi connectivity index (χ4n) is 3.29. The molecule has 2 aromatic carbocycles. The standard InChI is InChI=1S/C21H18ClN5O3/c1-11-5-2-3-8-15(11)24-19(29)14-10-16(28)25-18-17(14)20(30)27-21(26-18)23-13-7-4-6-12(22)9-13/h2-9,14H,10H2,1H3,(H,24,29)(H3,23,25,26,27,28,30)/t14-/m0/s1. The first kappa shape index (κ1) is 19.7. The minimum atomic E-state index is -0.954. The van der Waals surface area contributed by atoms with Crippen LogP contribution in [0.1, 0.15) is 23.5 Å². The highest BCUT2D eigenvalue weighted by Gasteiger charge is 2.34. The SMILES string of the molecule is Cc1ccccc1NC(=O)[C@H]1CC(=O)Nc2nc(Nc3cccc(Cl)c3)[nH]c(=O)c21. The Balaban J connectivity index is 1.65. The Hall–Kier alpha value is -3.65. The maximum atomic E-state index is 12.9. The van der Waals surface area contributed by atoms with E-state index in [1.165, 1.54) is 0 Å². The number of nitrogens with one attached hydrogen (secondary N) is 4. The molecule has 4 N–H and O–H groups in total. The van der Waals surface area contributed by atoms with E-state index < -0.39 is 17.4 Å². The number of fused-ring (bicyclic) bond motifs is 1. The molecular weight excluding hydrogens is 406 g/mol. The first-order chi connectivity index (χ1) is 14.4. The minimum Gasteiger partial charge on any atom is -0.326 e. The third-order valence-corrected chi connectivity index (χ3v) is 4.99. The molecule has 0 aliphatic carbocycles. The number of nitrogens with zero attached hydrogens (tertiary/aromatic N) is 1. The van der Waals surface area contributed by atoms with Gasteiger partial charge in [0, 0.05) is 22.8 Å². The summed E-state index contributed by atoms with van der Waals surface area (Å²) in [5, 5.41) is 8.84. The van der Waals surface area contributed by atoms with Gasteiger partial charge in [0.15, 0.2) is 0 Å². The van der Waals surface area contributed by atoms with Crippen molar-refractivity contribution < 1.29 is 9.59 Å². The largest absolute Gasteiger partial charge is 0.326 e. The summed E-state index contributed by atoms with van der Waals surface area (Å²) >= 11 is 5.97. The van der Waals surface area contributed by atoms with Crippen LogP contribution in [0.5, 0.6) is 0 Å². The van der Waals surface area contributed by atoms with Gasteiger partial charge in [-0.05, 0) is 36.8 Å². The molecule has 1 aliphatic rings. The van der Waals surface area contributed by atoms with Crippen LogP contribution in [0.25, 0.3) is 0 Å². The van der Waals surface area contributed by atoms with Crippen LogP contribution in [-0.2, 0) is 9.59 Å². The van der Waals surface area contributed by atoms with E-state index in [-0.39, 0.29) is 29.7 Å². The molecule has 4 rings (SSSR count). The highest BCUT2D eigenvalue weighted by molar-refractivity contribution is 6.30. The van der Waals surface area contributed by atoms with Crippen molar-refractivity contribution in [2.24, 2.45) is 0 Å². The number of carbonyl (C=O) groups is 2. The summed E-state index contributed by atoms with van der Waals surface area (Å²) in [6, 6.07) is 14.2. The third kappa shape index (κ3) is 4.04. The van der Waals surface area contributed by atoms with Crippen LogP contribution in [0.15, 0.2) is 53.3 Å². The van der Waals surface area contributed by atoms with Crippen LogP contribution >= 0.6 is 11.6 Å². The fourth-order valence-corrected chi connectivity index (χ4v) is 3.48. The van der Waals surface area contributed by atoms with Gasteiger partial charge in [-0.1, -0.05) is 35.9 Å². The lowest BCUT2D eigenvalue weighted by Gasteiger charge is -2.24. The van der Waals surface area contributed by atoms with E-state index in [9.17, 15) is 14.4 Å². The Morgan fingerprint density at radius 3 is 2.73 bits per heavy atom. The van der Waals surface area contributed by atoms with Crippen LogP contribution in [0.3, 0.4) is 0 Å². The second-order valence-electron chi connectivity index (χ2n) is 6.92. The monoisotopic (exact) mass is 423 g/mol. The van der Waals surface area contributed by atoms with Gasteiger partial charge in [-0.2, -0.15) is 4.98 Å². The lowest BCUT2D eigenvalue weighted by Crippen LogP contribution is -2.36. The van der Waals surface area contributed by atoms with Gasteiger partial charge in [-0.3, -0.25) is 19.4 Å². The predicted octanol–water partition coefficient (Wildman–Crippen LogP) is 3.54. The number of hydrogen-bond acceptors (Lipinski definition) is 5. The Morgan fingerprint density at radius 2 is 1.97 bits per heavy atom. The lowest BCUT2D eigenvalue weighted by atomic mass is 9.92. The highest BCUT2D eigenvalue weighted by atomic mass is 35.5. The van der Waals surface area contributed by atoms with Crippen molar-refractivity contribution in [3.8, 4) is 0 Å². The minimum absolute atomic E-state index is 0.0597. The number of aryl methyl sites for hydroxylation is 1. The molecule has 1 aliphatic heterocycles. The van der Waals surface area contributed by atoms with E-state index in [1.54, 1.807) is 36.4 Å². The molecule has 152 valence electrons. The molecule has 0 radical (unpaired) electrons. The number of benzene rings is 2. The van der Waals surface area contributed by atoms with E-state index >= 15 is 0 Å². The highest BCUT2D eigenvalue weighted by Crippen LogP contribution is 2.30. The van der Waals surface area contributed by atoms with Crippen molar-refractivity contribution in [3.63, 3.8) is 0 Å². The maximum Gasteiger partial charge on any atom is 0.258 e. The summed E-state index contributed by atoms with van der Waals surface area (Å²) in [6.45, 7) is 1.86. The summed E-state index contributed by atoms with van der Waals surface area (Å²) in [4.78, 5) is 44.8. The van der Waals surface area contributed by atoms with Crippen LogP contribution in [0.4, 0.5) is 23.1 Å². The van der Waals surface area contributed by atoms with Crippen LogP contribution in [-0.4, -0.2) is 21.8 Å². The molecule has 1 aromatic heterocycles. The smallest absolute Gasteiger partial charge is 0.258 e. The predicted molar refractivity (Wildman–Crippen MR) is 115 cm³/mol. The number of aromatic amines is 1. The van der Waals surface area contributed by atoms with Gasteiger partial charge in [0.25, 0.3) is 5.56 Å². The lowest BCUT2D eigenvalue weighted by molar-refractivity contribution is -0.123.